The average molecular weight is 257 g/mol. The topological polar surface area (TPSA) is 96.9 Å². The predicted octanol–water partition coefficient (Wildman–Crippen LogP) is 0.834. The minimum atomic E-state index is -0.547. The number of nitrogens with zero attached hydrogens (tertiary/aromatic N) is 1. The first-order valence-corrected chi connectivity index (χ1v) is 6.32. The van der Waals surface area contributed by atoms with Crippen molar-refractivity contribution < 1.29 is 14.7 Å². The lowest BCUT2D eigenvalue weighted by Gasteiger charge is -2.23. The molecule has 6 nitrogen and oxygen atoms in total. The van der Waals surface area contributed by atoms with Crippen molar-refractivity contribution in [3.63, 3.8) is 0 Å². The Balaban J connectivity index is 2.23. The zero-order valence-electron chi connectivity index (χ0n) is 11.1. The van der Waals surface area contributed by atoms with Crippen molar-refractivity contribution >= 4 is 11.7 Å². The van der Waals surface area contributed by atoms with Gasteiger partial charge in [0.2, 0.25) is 5.91 Å². The molecule has 1 amide bonds. The van der Waals surface area contributed by atoms with Crippen molar-refractivity contribution in [3.05, 3.63) is 0 Å². The number of carbonyl (C=O) groups is 1. The fourth-order valence-corrected chi connectivity index (χ4v) is 1.80. The Morgan fingerprint density at radius 3 is 2.89 bits per heavy atom. The molecule has 0 aromatic carbocycles. The van der Waals surface area contributed by atoms with Gasteiger partial charge in [0, 0.05) is 25.0 Å². The molecule has 0 radical (unpaired) electrons. The molecule has 0 aromatic rings. The first kappa shape index (κ1) is 14.8. The summed E-state index contributed by atoms with van der Waals surface area (Å²) in [4.78, 5) is 11.6. The molecule has 4 N–H and O–H groups in total. The Bertz CT molecular complexity index is 310. The van der Waals surface area contributed by atoms with E-state index in [0.29, 0.717) is 13.0 Å². The number of hydrogen-bond acceptors (Lipinski definition) is 4. The van der Waals surface area contributed by atoms with E-state index in [1.54, 1.807) is 0 Å². The van der Waals surface area contributed by atoms with Crippen molar-refractivity contribution in [2.75, 3.05) is 13.2 Å². The van der Waals surface area contributed by atoms with E-state index >= 15 is 0 Å². The van der Waals surface area contributed by atoms with E-state index in [9.17, 15) is 4.79 Å². The third-order valence-electron chi connectivity index (χ3n) is 3.25. The summed E-state index contributed by atoms with van der Waals surface area (Å²) < 4.78 is 5.45. The number of hydrogen-bond donors (Lipinski definition) is 3. The van der Waals surface area contributed by atoms with E-state index in [-0.39, 0.29) is 17.8 Å². The molecule has 1 aliphatic rings. The molecule has 1 atom stereocenters. The second kappa shape index (κ2) is 6.58. The van der Waals surface area contributed by atoms with Crippen LogP contribution in [0.3, 0.4) is 0 Å². The van der Waals surface area contributed by atoms with Crippen LogP contribution < -0.4 is 11.1 Å². The van der Waals surface area contributed by atoms with Crippen LogP contribution in [0.25, 0.3) is 0 Å². The van der Waals surface area contributed by atoms with Gasteiger partial charge in [-0.25, -0.2) is 0 Å². The smallest absolute Gasteiger partial charge is 0.220 e. The summed E-state index contributed by atoms with van der Waals surface area (Å²) in [6, 6.07) is 0. The van der Waals surface area contributed by atoms with Crippen LogP contribution in [0.1, 0.15) is 39.5 Å². The molecule has 6 heteroatoms. The zero-order chi connectivity index (χ0) is 13.6. The van der Waals surface area contributed by atoms with Gasteiger partial charge in [-0.3, -0.25) is 4.79 Å². The lowest BCUT2D eigenvalue weighted by molar-refractivity contribution is -0.122. The second-order valence-corrected chi connectivity index (χ2v) is 5.32. The molecular formula is C12H23N3O3. The molecule has 1 unspecified atom stereocenters. The van der Waals surface area contributed by atoms with Crippen LogP contribution in [0.15, 0.2) is 5.16 Å². The summed E-state index contributed by atoms with van der Waals surface area (Å²) in [5.74, 6) is 0.0891. The summed E-state index contributed by atoms with van der Waals surface area (Å²) in [7, 11) is 0. The molecule has 0 aromatic heterocycles. The van der Waals surface area contributed by atoms with E-state index in [1.807, 2.05) is 13.8 Å². The van der Waals surface area contributed by atoms with Crippen LogP contribution in [0.4, 0.5) is 0 Å². The number of ether oxygens (including phenoxy) is 1. The first-order valence-electron chi connectivity index (χ1n) is 6.32. The maximum atomic E-state index is 11.6. The van der Waals surface area contributed by atoms with Crippen molar-refractivity contribution in [2.24, 2.45) is 16.3 Å². The quantitative estimate of drug-likeness (QED) is 0.284. The minimum Gasteiger partial charge on any atom is -0.409 e. The fourth-order valence-electron chi connectivity index (χ4n) is 1.80. The largest absolute Gasteiger partial charge is 0.409 e. The molecule has 18 heavy (non-hydrogen) atoms. The van der Waals surface area contributed by atoms with Crippen molar-refractivity contribution in [1.82, 2.24) is 5.32 Å². The Kier molecular flexibility index (Phi) is 5.40. The van der Waals surface area contributed by atoms with Gasteiger partial charge in [-0.1, -0.05) is 19.0 Å². The summed E-state index contributed by atoms with van der Waals surface area (Å²) in [5.41, 5.74) is 4.99. The molecule has 0 spiro atoms. The lowest BCUT2D eigenvalue weighted by atomic mass is 9.92. The maximum absolute atomic E-state index is 11.6. The van der Waals surface area contributed by atoms with Crippen molar-refractivity contribution in [2.45, 2.75) is 45.6 Å². The van der Waals surface area contributed by atoms with Crippen molar-refractivity contribution in [3.8, 4) is 0 Å². The number of amidine groups is 1. The highest BCUT2D eigenvalue weighted by Crippen LogP contribution is 2.17. The van der Waals surface area contributed by atoms with Crippen LogP contribution in [0, 0.1) is 5.41 Å². The number of carbonyl (C=O) groups excluding carboxylic acids is 1. The summed E-state index contributed by atoms with van der Waals surface area (Å²) >= 11 is 0. The third-order valence-corrected chi connectivity index (χ3v) is 3.25. The maximum Gasteiger partial charge on any atom is 0.220 e. The Hall–Kier alpha value is -1.30. The van der Waals surface area contributed by atoms with E-state index in [0.717, 1.165) is 25.9 Å². The van der Waals surface area contributed by atoms with Crippen molar-refractivity contribution in [1.29, 1.82) is 0 Å². The van der Waals surface area contributed by atoms with Gasteiger partial charge in [-0.05, 0) is 19.3 Å². The van der Waals surface area contributed by atoms with Crippen LogP contribution in [0.2, 0.25) is 0 Å². The Morgan fingerprint density at radius 2 is 2.33 bits per heavy atom. The van der Waals surface area contributed by atoms with Gasteiger partial charge in [0.15, 0.2) is 0 Å². The molecule has 0 saturated carbocycles. The van der Waals surface area contributed by atoms with Crippen LogP contribution in [-0.2, 0) is 9.53 Å². The summed E-state index contributed by atoms with van der Waals surface area (Å²) in [6.45, 7) is 4.78. The molecular weight excluding hydrogens is 234 g/mol. The molecule has 1 heterocycles. The Labute approximate surface area is 108 Å². The van der Waals surface area contributed by atoms with E-state index in [1.165, 1.54) is 0 Å². The second-order valence-electron chi connectivity index (χ2n) is 5.32. The van der Waals surface area contributed by atoms with Gasteiger partial charge in [-0.15, -0.1) is 0 Å². The van der Waals surface area contributed by atoms with Crippen LogP contribution >= 0.6 is 0 Å². The van der Waals surface area contributed by atoms with Gasteiger partial charge in [0.05, 0.1) is 6.10 Å². The molecule has 0 aliphatic carbocycles. The normalized spacial score (nSPS) is 21.0. The molecule has 0 bridgehead atoms. The first-order chi connectivity index (χ1) is 8.45. The number of nitrogens with two attached hydrogens (primary N) is 1. The number of nitrogens with one attached hydrogen (secondary N) is 1. The lowest BCUT2D eigenvalue weighted by Crippen LogP contribution is -2.42. The molecule has 1 saturated heterocycles. The fraction of sp³-hybridized carbons (Fsp3) is 0.833. The average Bonchev–Trinajstić information content (AvgIpc) is 2.86. The standard InChI is InChI=1S/C12H23N3O3/c1-12(2,11(13)15-17)8-14-10(16)6-5-9-4-3-7-18-9/h9,17H,3-8H2,1-2H3,(H2,13,15)(H,14,16). The van der Waals surface area contributed by atoms with Gasteiger partial charge >= 0.3 is 0 Å². The van der Waals surface area contributed by atoms with Gasteiger partial charge in [-0.2, -0.15) is 0 Å². The van der Waals surface area contributed by atoms with Crippen LogP contribution in [-0.4, -0.2) is 36.2 Å². The highest BCUT2D eigenvalue weighted by atomic mass is 16.5. The van der Waals surface area contributed by atoms with E-state index in [4.69, 9.17) is 15.7 Å². The van der Waals surface area contributed by atoms with Gasteiger partial charge in [0.25, 0.3) is 0 Å². The summed E-state index contributed by atoms with van der Waals surface area (Å²) in [5, 5.41) is 14.4. The molecule has 1 aliphatic heterocycles. The summed E-state index contributed by atoms with van der Waals surface area (Å²) in [6.07, 6.45) is 3.58. The Morgan fingerprint density at radius 1 is 1.61 bits per heavy atom. The molecule has 104 valence electrons. The van der Waals surface area contributed by atoms with Gasteiger partial charge < -0.3 is 21.0 Å². The molecule has 1 fully saturated rings. The third kappa shape index (κ3) is 4.52. The van der Waals surface area contributed by atoms with E-state index in [2.05, 4.69) is 10.5 Å². The van der Waals surface area contributed by atoms with Gasteiger partial charge in [0.1, 0.15) is 5.84 Å². The molecule has 1 rings (SSSR count). The predicted molar refractivity (Wildman–Crippen MR) is 68.4 cm³/mol. The van der Waals surface area contributed by atoms with Crippen LogP contribution in [0.5, 0.6) is 0 Å². The number of rotatable bonds is 6. The number of oxime groups is 1. The minimum absolute atomic E-state index is 0.0238. The SMILES string of the molecule is CC(C)(CNC(=O)CCC1CCCO1)C(N)=NO. The van der Waals surface area contributed by atoms with E-state index < -0.39 is 5.41 Å². The monoisotopic (exact) mass is 257 g/mol. The highest BCUT2D eigenvalue weighted by Gasteiger charge is 2.24. The zero-order valence-corrected chi connectivity index (χ0v) is 11.1. The number of amides is 1. The highest BCUT2D eigenvalue weighted by molar-refractivity contribution is 5.86.